The predicted molar refractivity (Wildman–Crippen MR) is 96.2 cm³/mol. The Morgan fingerprint density at radius 1 is 1.12 bits per heavy atom. The minimum atomic E-state index is -0.262. The lowest BCUT2D eigenvalue weighted by molar-refractivity contribution is -0.124. The molecule has 1 aromatic carbocycles. The molecular formula is C21H31FO2. The van der Waals surface area contributed by atoms with Crippen LogP contribution in [0.1, 0.15) is 63.9 Å². The first kappa shape index (κ1) is 19.0. The molecule has 0 heterocycles. The highest BCUT2D eigenvalue weighted by Crippen LogP contribution is 2.31. The second-order valence-electron chi connectivity index (χ2n) is 7.04. The van der Waals surface area contributed by atoms with Crippen molar-refractivity contribution in [2.24, 2.45) is 11.8 Å². The predicted octanol–water partition coefficient (Wildman–Crippen LogP) is 5.53. The normalized spacial score (nSPS) is 20.8. The number of carbonyl (C=O) groups excluding carboxylic acids is 1. The number of aryl methyl sites for hydroxylation is 1. The van der Waals surface area contributed by atoms with Crippen LogP contribution >= 0.6 is 0 Å². The zero-order valence-corrected chi connectivity index (χ0v) is 14.9. The lowest BCUT2D eigenvalue weighted by atomic mass is 9.79. The van der Waals surface area contributed by atoms with Crippen molar-refractivity contribution in [1.29, 1.82) is 0 Å². The number of benzene rings is 1. The van der Waals surface area contributed by atoms with E-state index >= 15 is 0 Å². The maximum Gasteiger partial charge on any atom is 0.135 e. The standard InChI is InChI=1S/C21H31FO2/c1-2-3-6-21(23)19-11-7-18(8-12-19)16-24-20-13-9-17(10-14-20)5-4-15-22/h9-10,13-14,18-19H,2-8,11-12,15-16H2,1H3. The second-order valence-corrected chi connectivity index (χ2v) is 7.04. The van der Waals surface area contributed by atoms with Crippen molar-refractivity contribution in [2.45, 2.75) is 64.7 Å². The van der Waals surface area contributed by atoms with Crippen LogP contribution in [0.5, 0.6) is 5.75 Å². The largest absolute Gasteiger partial charge is 0.493 e. The van der Waals surface area contributed by atoms with Gasteiger partial charge in [-0.2, -0.15) is 0 Å². The molecule has 3 heteroatoms. The summed E-state index contributed by atoms with van der Waals surface area (Å²) >= 11 is 0. The Balaban J connectivity index is 1.68. The van der Waals surface area contributed by atoms with Gasteiger partial charge in [-0.3, -0.25) is 9.18 Å². The Morgan fingerprint density at radius 2 is 1.83 bits per heavy atom. The fraction of sp³-hybridized carbons (Fsp3) is 0.667. The SMILES string of the molecule is CCCCC(=O)C1CCC(COc2ccc(CCCF)cc2)CC1. The smallest absolute Gasteiger partial charge is 0.135 e. The van der Waals surface area contributed by atoms with Crippen LogP contribution in [0, 0.1) is 11.8 Å². The first-order valence-corrected chi connectivity index (χ1v) is 9.53. The van der Waals surface area contributed by atoms with E-state index in [1.165, 1.54) is 0 Å². The van der Waals surface area contributed by atoms with E-state index in [2.05, 4.69) is 6.92 Å². The van der Waals surface area contributed by atoms with E-state index < -0.39 is 0 Å². The quantitative estimate of drug-likeness (QED) is 0.562. The molecule has 0 unspecified atom stereocenters. The van der Waals surface area contributed by atoms with E-state index in [4.69, 9.17) is 4.74 Å². The number of ketones is 1. The van der Waals surface area contributed by atoms with Crippen LogP contribution in [0.2, 0.25) is 0 Å². The van der Waals surface area contributed by atoms with Gasteiger partial charge in [-0.05, 0) is 68.6 Å². The zero-order valence-electron chi connectivity index (χ0n) is 14.9. The maximum absolute atomic E-state index is 12.2. The first-order chi connectivity index (χ1) is 11.7. The lowest BCUT2D eigenvalue weighted by Crippen LogP contribution is -2.24. The van der Waals surface area contributed by atoms with Crippen LogP contribution in [0.4, 0.5) is 4.39 Å². The fourth-order valence-corrected chi connectivity index (χ4v) is 3.44. The van der Waals surface area contributed by atoms with Gasteiger partial charge in [0.2, 0.25) is 0 Å². The molecule has 0 aromatic heterocycles. The topological polar surface area (TPSA) is 26.3 Å². The minimum Gasteiger partial charge on any atom is -0.493 e. The van der Waals surface area contributed by atoms with Gasteiger partial charge in [-0.25, -0.2) is 0 Å². The van der Waals surface area contributed by atoms with E-state index in [9.17, 15) is 9.18 Å². The third kappa shape index (κ3) is 6.26. The van der Waals surface area contributed by atoms with E-state index in [-0.39, 0.29) is 6.67 Å². The monoisotopic (exact) mass is 334 g/mol. The van der Waals surface area contributed by atoms with Gasteiger partial charge in [0.1, 0.15) is 11.5 Å². The van der Waals surface area contributed by atoms with Crippen LogP contribution in [0.25, 0.3) is 0 Å². The van der Waals surface area contributed by atoms with E-state index in [1.54, 1.807) is 0 Å². The fourth-order valence-electron chi connectivity index (χ4n) is 3.44. The van der Waals surface area contributed by atoms with Crippen LogP contribution < -0.4 is 4.74 Å². The van der Waals surface area contributed by atoms with E-state index in [0.717, 1.165) is 69.3 Å². The summed E-state index contributed by atoms with van der Waals surface area (Å²) < 4.78 is 18.1. The summed E-state index contributed by atoms with van der Waals surface area (Å²) in [6.45, 7) is 2.61. The Labute approximate surface area is 145 Å². The highest BCUT2D eigenvalue weighted by Gasteiger charge is 2.25. The number of rotatable bonds is 10. The van der Waals surface area contributed by atoms with Gasteiger partial charge < -0.3 is 4.74 Å². The third-order valence-corrected chi connectivity index (χ3v) is 5.09. The summed E-state index contributed by atoms with van der Waals surface area (Å²) in [5, 5.41) is 0. The number of alkyl halides is 1. The molecule has 0 N–H and O–H groups in total. The molecule has 0 amide bonds. The van der Waals surface area contributed by atoms with Crippen molar-refractivity contribution in [2.75, 3.05) is 13.3 Å². The van der Waals surface area contributed by atoms with Gasteiger partial charge in [0.25, 0.3) is 0 Å². The number of hydrogen-bond acceptors (Lipinski definition) is 2. The first-order valence-electron chi connectivity index (χ1n) is 9.53. The molecule has 1 aliphatic carbocycles. The molecule has 2 rings (SSSR count). The Morgan fingerprint density at radius 3 is 2.46 bits per heavy atom. The average Bonchev–Trinajstić information content (AvgIpc) is 2.64. The van der Waals surface area contributed by atoms with Gasteiger partial charge in [-0.1, -0.05) is 25.5 Å². The number of ether oxygens (including phenoxy) is 1. The Bertz CT molecular complexity index is 475. The highest BCUT2D eigenvalue weighted by atomic mass is 19.1. The molecular weight excluding hydrogens is 303 g/mol. The summed E-state index contributed by atoms with van der Waals surface area (Å²) in [6.07, 6.45) is 8.50. The van der Waals surface area contributed by atoms with Crippen molar-refractivity contribution in [3.8, 4) is 5.75 Å². The molecule has 0 spiro atoms. The molecule has 0 aliphatic heterocycles. The summed E-state index contributed by atoms with van der Waals surface area (Å²) in [7, 11) is 0. The van der Waals surface area contributed by atoms with Crippen molar-refractivity contribution in [3.63, 3.8) is 0 Å². The van der Waals surface area contributed by atoms with Crippen LogP contribution in [-0.4, -0.2) is 19.1 Å². The van der Waals surface area contributed by atoms with Crippen LogP contribution in [0.3, 0.4) is 0 Å². The van der Waals surface area contributed by atoms with Crippen molar-refractivity contribution in [3.05, 3.63) is 29.8 Å². The molecule has 0 bridgehead atoms. The molecule has 0 radical (unpaired) electrons. The van der Waals surface area contributed by atoms with E-state index in [0.29, 0.717) is 24.0 Å². The number of Topliss-reactive ketones (excluding diaryl/α,β-unsaturated/α-hetero) is 1. The van der Waals surface area contributed by atoms with Crippen molar-refractivity contribution in [1.82, 2.24) is 0 Å². The zero-order chi connectivity index (χ0) is 17.2. The molecule has 0 atom stereocenters. The summed E-state index contributed by atoms with van der Waals surface area (Å²) in [5.74, 6) is 2.22. The Kier molecular flexibility index (Phi) is 8.27. The van der Waals surface area contributed by atoms with Crippen LogP contribution in [-0.2, 0) is 11.2 Å². The minimum absolute atomic E-state index is 0.262. The number of hydrogen-bond donors (Lipinski definition) is 0. The lowest BCUT2D eigenvalue weighted by Gasteiger charge is -2.27. The Hall–Kier alpha value is -1.38. The molecule has 1 fully saturated rings. The number of unbranched alkanes of at least 4 members (excludes halogenated alkanes) is 1. The molecule has 1 aliphatic rings. The van der Waals surface area contributed by atoms with Gasteiger partial charge >= 0.3 is 0 Å². The van der Waals surface area contributed by atoms with Gasteiger partial charge in [0.05, 0.1) is 13.3 Å². The molecule has 134 valence electrons. The molecule has 2 nitrogen and oxygen atoms in total. The average molecular weight is 334 g/mol. The maximum atomic E-state index is 12.2. The molecule has 1 aromatic rings. The molecule has 24 heavy (non-hydrogen) atoms. The third-order valence-electron chi connectivity index (χ3n) is 5.09. The van der Waals surface area contributed by atoms with Gasteiger partial charge in [0.15, 0.2) is 0 Å². The second kappa shape index (κ2) is 10.5. The summed E-state index contributed by atoms with van der Waals surface area (Å²) in [4.78, 5) is 12.1. The number of carbonyl (C=O) groups is 1. The number of halogens is 1. The van der Waals surface area contributed by atoms with Crippen molar-refractivity contribution >= 4 is 5.78 Å². The summed E-state index contributed by atoms with van der Waals surface area (Å²) in [5.41, 5.74) is 1.16. The van der Waals surface area contributed by atoms with Crippen molar-refractivity contribution < 1.29 is 13.9 Å². The molecule has 0 saturated heterocycles. The highest BCUT2D eigenvalue weighted by molar-refractivity contribution is 5.81. The van der Waals surface area contributed by atoms with E-state index in [1.807, 2.05) is 24.3 Å². The van der Waals surface area contributed by atoms with Gasteiger partial charge in [0, 0.05) is 12.3 Å². The van der Waals surface area contributed by atoms with Gasteiger partial charge in [-0.15, -0.1) is 0 Å². The summed E-state index contributed by atoms with van der Waals surface area (Å²) in [6, 6.07) is 8.00. The van der Waals surface area contributed by atoms with Crippen LogP contribution in [0.15, 0.2) is 24.3 Å². The molecule has 1 saturated carbocycles.